The zero-order valence-corrected chi connectivity index (χ0v) is 5.29. The van der Waals surface area contributed by atoms with Gasteiger partial charge in [-0.15, -0.1) is 0 Å². The predicted molar refractivity (Wildman–Crippen MR) is 36.1 cm³/mol. The van der Waals surface area contributed by atoms with Crippen LogP contribution >= 0.6 is 11.6 Å². The van der Waals surface area contributed by atoms with Gasteiger partial charge in [0.1, 0.15) is 5.17 Å². The molecule has 2 N–H and O–H groups in total. The molecule has 0 unspecified atom stereocenters. The number of nitrogens with one attached hydrogen (secondary N) is 2. The third-order valence-corrected chi connectivity index (χ3v) is 0.978. The van der Waals surface area contributed by atoms with Gasteiger partial charge in [0.05, 0.1) is 0 Å². The normalized spacial score (nSPS) is 11.0. The van der Waals surface area contributed by atoms with Crippen molar-refractivity contribution in [1.82, 2.24) is 0 Å². The summed E-state index contributed by atoms with van der Waals surface area (Å²) < 4.78 is 0. The molecule has 0 bridgehead atoms. The topological polar surface area (TPSA) is 47.7 Å². The maximum absolute atomic E-state index is 6.80. The molecule has 0 heterocycles. The zero-order valence-electron chi connectivity index (χ0n) is 4.53. The Labute approximate surface area is 53.2 Å². The smallest absolute Gasteiger partial charge is 0.123 e. The summed E-state index contributed by atoms with van der Waals surface area (Å²) in [5.41, 5.74) is 0.613. The Morgan fingerprint density at radius 1 is 1.62 bits per heavy atom. The molecular weight excluding hydrogens is 124 g/mol. The standard InChI is InChI=1S/C5H7ClN2/c1-4(2-3-7)5(6)8/h2-3,7-8H,1H3/b4-2-,7-3?,8-5?. The second kappa shape index (κ2) is 3.38. The molecule has 0 aromatic heterocycles. The molecule has 0 aliphatic rings. The lowest BCUT2D eigenvalue weighted by atomic mass is 10.3. The summed E-state index contributed by atoms with van der Waals surface area (Å²) in [6.45, 7) is 1.68. The fourth-order valence-corrected chi connectivity index (χ4v) is 0.261. The molecule has 0 saturated carbocycles. The molecule has 0 saturated heterocycles. The third-order valence-electron chi connectivity index (χ3n) is 0.680. The molecule has 0 rings (SSSR count). The molecule has 2 nitrogen and oxygen atoms in total. The summed E-state index contributed by atoms with van der Waals surface area (Å²) >= 11 is 5.22. The van der Waals surface area contributed by atoms with Crippen LogP contribution in [-0.2, 0) is 0 Å². The van der Waals surface area contributed by atoms with Gasteiger partial charge in [0.2, 0.25) is 0 Å². The quantitative estimate of drug-likeness (QED) is 0.536. The molecule has 3 heteroatoms. The van der Waals surface area contributed by atoms with Gasteiger partial charge in [0.25, 0.3) is 0 Å². The first kappa shape index (κ1) is 7.37. The average Bonchev–Trinajstić information content (AvgIpc) is 1.67. The van der Waals surface area contributed by atoms with Crippen LogP contribution in [0.4, 0.5) is 0 Å². The summed E-state index contributed by atoms with van der Waals surface area (Å²) in [4.78, 5) is 0. The summed E-state index contributed by atoms with van der Waals surface area (Å²) in [7, 11) is 0. The first-order valence-electron chi connectivity index (χ1n) is 2.10. The van der Waals surface area contributed by atoms with Gasteiger partial charge in [0, 0.05) is 6.21 Å². The van der Waals surface area contributed by atoms with Crippen molar-refractivity contribution in [3.05, 3.63) is 11.6 Å². The molecule has 0 atom stereocenters. The minimum Gasteiger partial charge on any atom is -0.309 e. The summed E-state index contributed by atoms with van der Waals surface area (Å²) in [5, 5.41) is 13.4. The van der Waals surface area contributed by atoms with E-state index in [1.165, 1.54) is 6.08 Å². The SMILES string of the molecule is C/C(=C/C=N)C(=N)Cl. The summed E-state index contributed by atoms with van der Waals surface area (Å²) in [6.07, 6.45) is 2.57. The van der Waals surface area contributed by atoms with E-state index in [4.69, 9.17) is 22.4 Å². The molecular formula is C5H7ClN2. The van der Waals surface area contributed by atoms with Crippen LogP contribution < -0.4 is 0 Å². The van der Waals surface area contributed by atoms with Crippen LogP contribution in [0.5, 0.6) is 0 Å². The van der Waals surface area contributed by atoms with E-state index in [9.17, 15) is 0 Å². The van der Waals surface area contributed by atoms with Gasteiger partial charge in [-0.1, -0.05) is 11.6 Å². The van der Waals surface area contributed by atoms with E-state index in [-0.39, 0.29) is 5.17 Å². The highest BCUT2D eigenvalue weighted by atomic mass is 35.5. The molecule has 0 fully saturated rings. The Bertz CT molecular complexity index is 137. The van der Waals surface area contributed by atoms with Gasteiger partial charge in [-0.3, -0.25) is 5.41 Å². The van der Waals surface area contributed by atoms with Gasteiger partial charge < -0.3 is 5.41 Å². The van der Waals surface area contributed by atoms with E-state index in [0.717, 1.165) is 6.21 Å². The average molecular weight is 131 g/mol. The van der Waals surface area contributed by atoms with Crippen LogP contribution in [0.3, 0.4) is 0 Å². The molecule has 0 aliphatic carbocycles. The van der Waals surface area contributed by atoms with Crippen LogP contribution in [0, 0.1) is 10.8 Å². The minimum atomic E-state index is -0.00602. The van der Waals surface area contributed by atoms with E-state index < -0.39 is 0 Å². The second-order valence-corrected chi connectivity index (χ2v) is 1.71. The number of rotatable bonds is 2. The van der Waals surface area contributed by atoms with Crippen LogP contribution in [0.15, 0.2) is 11.6 Å². The molecule has 0 aliphatic heterocycles. The molecule has 0 radical (unpaired) electrons. The Morgan fingerprint density at radius 2 is 2.12 bits per heavy atom. The van der Waals surface area contributed by atoms with Crippen molar-refractivity contribution in [2.45, 2.75) is 6.92 Å². The lowest BCUT2D eigenvalue weighted by molar-refractivity contribution is 1.49. The monoisotopic (exact) mass is 130 g/mol. The van der Waals surface area contributed by atoms with E-state index in [1.807, 2.05) is 0 Å². The Hall–Kier alpha value is -0.630. The summed E-state index contributed by atoms with van der Waals surface area (Å²) in [6, 6.07) is 0. The second-order valence-electron chi connectivity index (χ2n) is 1.33. The molecule has 44 valence electrons. The van der Waals surface area contributed by atoms with Gasteiger partial charge in [-0.2, -0.15) is 0 Å². The van der Waals surface area contributed by atoms with E-state index in [1.54, 1.807) is 6.92 Å². The Kier molecular flexibility index (Phi) is 3.12. The van der Waals surface area contributed by atoms with Crippen molar-refractivity contribution < 1.29 is 0 Å². The predicted octanol–water partition coefficient (Wildman–Crippen LogP) is 1.80. The lowest BCUT2D eigenvalue weighted by Crippen LogP contribution is -1.84. The van der Waals surface area contributed by atoms with Crippen LogP contribution in [0.2, 0.25) is 0 Å². The zero-order chi connectivity index (χ0) is 6.57. The van der Waals surface area contributed by atoms with Crippen LogP contribution in [-0.4, -0.2) is 11.4 Å². The van der Waals surface area contributed by atoms with E-state index in [2.05, 4.69) is 0 Å². The molecule has 0 aromatic rings. The fourth-order valence-electron chi connectivity index (χ4n) is 0.198. The maximum atomic E-state index is 6.80. The van der Waals surface area contributed by atoms with Gasteiger partial charge >= 0.3 is 0 Å². The number of hydrogen-bond donors (Lipinski definition) is 2. The van der Waals surface area contributed by atoms with Crippen molar-refractivity contribution >= 4 is 23.0 Å². The lowest BCUT2D eigenvalue weighted by Gasteiger charge is -1.87. The number of hydrogen-bond acceptors (Lipinski definition) is 2. The van der Waals surface area contributed by atoms with Crippen molar-refractivity contribution in [2.75, 3.05) is 0 Å². The van der Waals surface area contributed by atoms with Gasteiger partial charge in [-0.05, 0) is 18.6 Å². The minimum absolute atomic E-state index is 0.00602. The molecule has 8 heavy (non-hydrogen) atoms. The van der Waals surface area contributed by atoms with Gasteiger partial charge in [-0.25, -0.2) is 0 Å². The molecule has 0 amide bonds. The van der Waals surface area contributed by atoms with Crippen molar-refractivity contribution in [2.24, 2.45) is 0 Å². The third kappa shape index (κ3) is 2.53. The maximum Gasteiger partial charge on any atom is 0.123 e. The number of allylic oxidation sites excluding steroid dienone is 2. The van der Waals surface area contributed by atoms with Crippen molar-refractivity contribution in [3.8, 4) is 0 Å². The Balaban J connectivity index is 3.99. The first-order chi connectivity index (χ1) is 3.68. The van der Waals surface area contributed by atoms with Gasteiger partial charge in [0.15, 0.2) is 0 Å². The van der Waals surface area contributed by atoms with E-state index in [0.29, 0.717) is 5.57 Å². The van der Waals surface area contributed by atoms with Crippen molar-refractivity contribution in [3.63, 3.8) is 0 Å². The summed E-state index contributed by atoms with van der Waals surface area (Å²) in [5.74, 6) is 0. The molecule has 0 aromatic carbocycles. The largest absolute Gasteiger partial charge is 0.309 e. The highest BCUT2D eigenvalue weighted by Crippen LogP contribution is 1.95. The highest BCUT2D eigenvalue weighted by Gasteiger charge is 1.88. The van der Waals surface area contributed by atoms with E-state index >= 15 is 0 Å². The highest BCUT2D eigenvalue weighted by molar-refractivity contribution is 6.68. The molecule has 0 spiro atoms. The Morgan fingerprint density at radius 3 is 2.25 bits per heavy atom. The fraction of sp³-hybridized carbons (Fsp3) is 0.200. The van der Waals surface area contributed by atoms with Crippen molar-refractivity contribution in [1.29, 1.82) is 10.8 Å². The van der Waals surface area contributed by atoms with Crippen LogP contribution in [0.25, 0.3) is 0 Å². The first-order valence-corrected chi connectivity index (χ1v) is 2.48. The number of halogens is 1. The van der Waals surface area contributed by atoms with Crippen LogP contribution in [0.1, 0.15) is 6.92 Å².